The zero-order chi connectivity index (χ0) is 19.3. The molecule has 1 N–H and O–H groups in total. The molecule has 6 heteroatoms. The molecular weight excluding hydrogens is 370 g/mol. The molecule has 0 saturated carbocycles. The van der Waals surface area contributed by atoms with Crippen LogP contribution in [0.3, 0.4) is 0 Å². The van der Waals surface area contributed by atoms with Gasteiger partial charge in [-0.1, -0.05) is 71.9 Å². The van der Waals surface area contributed by atoms with Crippen molar-refractivity contribution in [2.45, 2.75) is 18.6 Å². The standard InChI is InChI=1S/C22H19N3O2S/c1-15-7-9-17(10-8-15)19-12-11-18(27-19)14-23-25-22-24-21(26)20(28-22)13-16-5-3-2-4-6-16/h2-12,14,20H,13H2,1H3,(H,24,25,26)/t20-/m1/s1. The second kappa shape index (κ2) is 8.27. The number of furan rings is 1. The second-order valence-corrected chi connectivity index (χ2v) is 7.69. The Morgan fingerprint density at radius 2 is 1.86 bits per heavy atom. The normalized spacial score (nSPS) is 18.1. The Morgan fingerprint density at radius 1 is 1.07 bits per heavy atom. The van der Waals surface area contributed by atoms with Crippen molar-refractivity contribution in [2.75, 3.05) is 0 Å². The first-order valence-corrected chi connectivity index (χ1v) is 9.85. The van der Waals surface area contributed by atoms with Crippen LogP contribution in [0.1, 0.15) is 16.9 Å². The predicted molar refractivity (Wildman–Crippen MR) is 114 cm³/mol. The topological polar surface area (TPSA) is 67.0 Å². The summed E-state index contributed by atoms with van der Waals surface area (Å²) in [5, 5.41) is 11.3. The van der Waals surface area contributed by atoms with Gasteiger partial charge in [0.05, 0.1) is 11.5 Å². The van der Waals surface area contributed by atoms with Gasteiger partial charge in [0.2, 0.25) is 5.91 Å². The lowest BCUT2D eigenvalue weighted by atomic mass is 10.1. The highest BCUT2D eigenvalue weighted by molar-refractivity contribution is 8.15. The van der Waals surface area contributed by atoms with E-state index in [9.17, 15) is 4.79 Å². The molecule has 0 unspecified atom stereocenters. The first kappa shape index (κ1) is 18.3. The molecule has 0 aliphatic carbocycles. The van der Waals surface area contributed by atoms with Crippen LogP contribution in [0.15, 0.2) is 81.4 Å². The van der Waals surface area contributed by atoms with Gasteiger partial charge >= 0.3 is 0 Å². The minimum atomic E-state index is -0.187. The van der Waals surface area contributed by atoms with Gasteiger partial charge in [-0.3, -0.25) is 4.79 Å². The van der Waals surface area contributed by atoms with E-state index in [0.717, 1.165) is 16.9 Å². The first-order chi connectivity index (χ1) is 13.7. The highest BCUT2D eigenvalue weighted by atomic mass is 32.2. The maximum Gasteiger partial charge on any atom is 0.239 e. The third-order valence-electron chi connectivity index (χ3n) is 4.34. The average Bonchev–Trinajstić information content (AvgIpc) is 3.30. The monoisotopic (exact) mass is 389 g/mol. The van der Waals surface area contributed by atoms with Crippen molar-refractivity contribution in [1.82, 2.24) is 5.32 Å². The van der Waals surface area contributed by atoms with Gasteiger partial charge < -0.3 is 9.73 Å². The lowest BCUT2D eigenvalue weighted by Crippen LogP contribution is -2.25. The van der Waals surface area contributed by atoms with E-state index in [1.807, 2.05) is 73.7 Å². The fourth-order valence-corrected chi connectivity index (χ4v) is 3.81. The summed E-state index contributed by atoms with van der Waals surface area (Å²) in [7, 11) is 0. The van der Waals surface area contributed by atoms with E-state index in [4.69, 9.17) is 4.42 Å². The predicted octanol–water partition coefficient (Wildman–Crippen LogP) is 4.42. The van der Waals surface area contributed by atoms with Crippen LogP contribution in [-0.2, 0) is 11.2 Å². The molecule has 0 spiro atoms. The molecule has 0 radical (unpaired) electrons. The molecule has 1 atom stereocenters. The van der Waals surface area contributed by atoms with Crippen molar-refractivity contribution in [3.05, 3.63) is 83.6 Å². The molecular formula is C22H19N3O2S. The number of carbonyl (C=O) groups is 1. The average molecular weight is 389 g/mol. The number of nitrogens with zero attached hydrogens (tertiary/aromatic N) is 2. The number of benzene rings is 2. The third kappa shape index (κ3) is 4.40. The molecule has 1 aliphatic heterocycles. The van der Waals surface area contributed by atoms with Gasteiger partial charge in [-0.2, -0.15) is 5.10 Å². The number of carbonyl (C=O) groups excluding carboxylic acids is 1. The fraction of sp³-hybridized carbons (Fsp3) is 0.136. The van der Waals surface area contributed by atoms with Gasteiger partial charge in [0.15, 0.2) is 5.17 Å². The number of rotatable bonds is 5. The van der Waals surface area contributed by atoms with Crippen molar-refractivity contribution < 1.29 is 9.21 Å². The Hall–Kier alpha value is -3.12. The first-order valence-electron chi connectivity index (χ1n) is 8.97. The summed E-state index contributed by atoms with van der Waals surface area (Å²) in [4.78, 5) is 12.1. The van der Waals surface area contributed by atoms with E-state index in [0.29, 0.717) is 17.3 Å². The molecule has 3 aromatic rings. The van der Waals surface area contributed by atoms with Crippen LogP contribution in [0.4, 0.5) is 0 Å². The van der Waals surface area contributed by atoms with Gasteiger partial charge in [-0.05, 0) is 31.0 Å². The van der Waals surface area contributed by atoms with Crippen LogP contribution in [-0.4, -0.2) is 22.5 Å². The molecule has 28 heavy (non-hydrogen) atoms. The van der Waals surface area contributed by atoms with Crippen LogP contribution in [0, 0.1) is 6.92 Å². The molecule has 2 aromatic carbocycles. The van der Waals surface area contributed by atoms with Crippen LogP contribution < -0.4 is 5.32 Å². The Morgan fingerprint density at radius 3 is 2.64 bits per heavy atom. The molecule has 1 amide bonds. The minimum absolute atomic E-state index is 0.0394. The van der Waals surface area contributed by atoms with Gasteiger partial charge in [-0.25, -0.2) is 0 Å². The molecule has 5 nitrogen and oxygen atoms in total. The Kier molecular flexibility index (Phi) is 5.39. The highest BCUT2D eigenvalue weighted by Crippen LogP contribution is 2.24. The third-order valence-corrected chi connectivity index (χ3v) is 5.41. The van der Waals surface area contributed by atoms with E-state index < -0.39 is 0 Å². The van der Waals surface area contributed by atoms with Crippen molar-refractivity contribution >= 4 is 29.1 Å². The van der Waals surface area contributed by atoms with Gasteiger partial charge in [0, 0.05) is 5.56 Å². The van der Waals surface area contributed by atoms with Crippen molar-refractivity contribution in [3.8, 4) is 11.3 Å². The van der Waals surface area contributed by atoms with Crippen molar-refractivity contribution in [1.29, 1.82) is 0 Å². The summed E-state index contributed by atoms with van der Waals surface area (Å²) in [5.41, 5.74) is 3.34. The Labute approximate surface area is 167 Å². The lowest BCUT2D eigenvalue weighted by molar-refractivity contribution is -0.118. The smallest absolute Gasteiger partial charge is 0.239 e. The summed E-state index contributed by atoms with van der Waals surface area (Å²) in [6.07, 6.45) is 2.21. The molecule has 1 saturated heterocycles. The molecule has 1 aliphatic rings. The second-order valence-electron chi connectivity index (χ2n) is 6.50. The maximum atomic E-state index is 12.1. The maximum absolute atomic E-state index is 12.1. The highest BCUT2D eigenvalue weighted by Gasteiger charge is 2.30. The SMILES string of the molecule is Cc1ccc(-c2ccc(C=N/N=C3\NC(=O)[C@@H](Cc4ccccc4)S3)o2)cc1. The van der Waals surface area contributed by atoms with Gasteiger partial charge in [0.1, 0.15) is 11.5 Å². The van der Waals surface area contributed by atoms with Crippen LogP contribution in [0.2, 0.25) is 0 Å². The zero-order valence-corrected chi connectivity index (χ0v) is 16.1. The van der Waals surface area contributed by atoms with E-state index in [2.05, 4.69) is 15.5 Å². The van der Waals surface area contributed by atoms with Crippen molar-refractivity contribution in [2.24, 2.45) is 10.2 Å². The summed E-state index contributed by atoms with van der Waals surface area (Å²) in [6, 6.07) is 21.8. The zero-order valence-electron chi connectivity index (χ0n) is 15.3. The van der Waals surface area contributed by atoms with Crippen LogP contribution >= 0.6 is 11.8 Å². The Balaban J connectivity index is 1.38. The molecule has 4 rings (SSSR count). The number of hydrogen-bond donors (Lipinski definition) is 1. The largest absolute Gasteiger partial charge is 0.455 e. The lowest BCUT2D eigenvalue weighted by Gasteiger charge is -2.04. The van der Waals surface area contributed by atoms with Gasteiger partial charge in [-0.15, -0.1) is 5.10 Å². The fourth-order valence-electron chi connectivity index (χ4n) is 2.85. The minimum Gasteiger partial charge on any atom is -0.455 e. The van der Waals surface area contributed by atoms with E-state index in [-0.39, 0.29) is 11.2 Å². The summed E-state index contributed by atoms with van der Waals surface area (Å²) in [5.74, 6) is 1.35. The summed E-state index contributed by atoms with van der Waals surface area (Å²) >= 11 is 1.40. The quantitative estimate of drug-likeness (QED) is 0.519. The molecule has 140 valence electrons. The number of amides is 1. The summed E-state index contributed by atoms with van der Waals surface area (Å²) in [6.45, 7) is 2.05. The summed E-state index contributed by atoms with van der Waals surface area (Å²) < 4.78 is 5.78. The van der Waals surface area contributed by atoms with E-state index in [1.165, 1.54) is 17.3 Å². The Bertz CT molecular complexity index is 1020. The number of aryl methyl sites for hydroxylation is 1. The van der Waals surface area contributed by atoms with Crippen LogP contribution in [0.25, 0.3) is 11.3 Å². The van der Waals surface area contributed by atoms with Crippen LogP contribution in [0.5, 0.6) is 0 Å². The number of thioether (sulfide) groups is 1. The molecule has 0 bridgehead atoms. The molecule has 1 aromatic heterocycles. The van der Waals surface area contributed by atoms with Gasteiger partial charge in [0.25, 0.3) is 0 Å². The number of amidine groups is 1. The number of nitrogens with one attached hydrogen (secondary N) is 1. The molecule has 2 heterocycles. The van der Waals surface area contributed by atoms with Crippen molar-refractivity contribution in [3.63, 3.8) is 0 Å². The number of hydrogen-bond acceptors (Lipinski definition) is 5. The molecule has 1 fully saturated rings. The van der Waals surface area contributed by atoms with E-state index in [1.54, 1.807) is 6.21 Å². The van der Waals surface area contributed by atoms with E-state index >= 15 is 0 Å².